The SMILES string of the molecule is CC(O)C(C)CC(O)C(F)(F)F. The summed E-state index contributed by atoms with van der Waals surface area (Å²) in [6.07, 6.45) is -8.20. The minimum absolute atomic E-state index is 0.457. The third kappa shape index (κ3) is 3.92. The molecular weight excluding hydrogens is 173 g/mol. The Hall–Kier alpha value is -0.290. The Morgan fingerprint density at radius 3 is 1.83 bits per heavy atom. The average Bonchev–Trinajstić information content (AvgIpc) is 1.85. The molecule has 0 bridgehead atoms. The molecule has 74 valence electrons. The molecule has 0 heterocycles. The predicted molar refractivity (Wildman–Crippen MR) is 37.5 cm³/mol. The first-order chi connectivity index (χ1) is 5.25. The van der Waals surface area contributed by atoms with E-state index in [4.69, 9.17) is 10.2 Å². The third-order valence-corrected chi connectivity index (χ3v) is 1.80. The topological polar surface area (TPSA) is 40.5 Å². The molecule has 0 saturated carbocycles. The second kappa shape index (κ2) is 4.09. The van der Waals surface area contributed by atoms with Crippen LogP contribution in [0.4, 0.5) is 13.2 Å². The van der Waals surface area contributed by atoms with Crippen LogP contribution >= 0.6 is 0 Å². The normalized spacial score (nSPS) is 20.2. The van der Waals surface area contributed by atoms with Gasteiger partial charge in [-0.15, -0.1) is 0 Å². The quantitative estimate of drug-likeness (QED) is 0.697. The Bertz CT molecular complexity index is 133. The van der Waals surface area contributed by atoms with Gasteiger partial charge in [0.25, 0.3) is 0 Å². The fourth-order valence-electron chi connectivity index (χ4n) is 0.683. The van der Waals surface area contributed by atoms with E-state index in [2.05, 4.69) is 0 Å². The van der Waals surface area contributed by atoms with Crippen molar-refractivity contribution in [2.45, 2.75) is 38.7 Å². The highest BCUT2D eigenvalue weighted by Gasteiger charge is 2.39. The van der Waals surface area contributed by atoms with Crippen molar-refractivity contribution in [3.63, 3.8) is 0 Å². The van der Waals surface area contributed by atoms with Crippen molar-refractivity contribution < 1.29 is 23.4 Å². The molecule has 0 radical (unpaired) electrons. The van der Waals surface area contributed by atoms with Crippen LogP contribution in [-0.2, 0) is 0 Å². The van der Waals surface area contributed by atoms with Gasteiger partial charge in [-0.25, -0.2) is 0 Å². The van der Waals surface area contributed by atoms with Gasteiger partial charge in [-0.1, -0.05) is 6.92 Å². The molecule has 3 unspecified atom stereocenters. The molecule has 5 heteroatoms. The van der Waals surface area contributed by atoms with E-state index < -0.39 is 30.7 Å². The second-order valence-electron chi connectivity index (χ2n) is 3.01. The second-order valence-corrected chi connectivity index (χ2v) is 3.01. The smallest absolute Gasteiger partial charge is 0.393 e. The molecule has 0 saturated heterocycles. The molecule has 0 aromatic carbocycles. The molecule has 0 aromatic heterocycles. The Morgan fingerprint density at radius 2 is 1.58 bits per heavy atom. The number of hydrogen-bond acceptors (Lipinski definition) is 2. The summed E-state index contributed by atoms with van der Waals surface area (Å²) >= 11 is 0. The third-order valence-electron chi connectivity index (χ3n) is 1.80. The zero-order valence-corrected chi connectivity index (χ0v) is 6.97. The molecule has 0 amide bonds. The first-order valence-electron chi connectivity index (χ1n) is 3.68. The van der Waals surface area contributed by atoms with Crippen molar-refractivity contribution in [3.05, 3.63) is 0 Å². The monoisotopic (exact) mass is 186 g/mol. The van der Waals surface area contributed by atoms with Gasteiger partial charge in [0, 0.05) is 0 Å². The lowest BCUT2D eigenvalue weighted by Gasteiger charge is -2.20. The van der Waals surface area contributed by atoms with E-state index in [0.29, 0.717) is 0 Å². The van der Waals surface area contributed by atoms with E-state index in [9.17, 15) is 13.2 Å². The standard InChI is InChI=1S/C7H13F3O2/c1-4(5(2)11)3-6(12)7(8,9)10/h4-6,11-12H,3H2,1-2H3. The summed E-state index contributed by atoms with van der Waals surface area (Å²) in [7, 11) is 0. The van der Waals surface area contributed by atoms with Crippen molar-refractivity contribution in [3.8, 4) is 0 Å². The van der Waals surface area contributed by atoms with Gasteiger partial charge in [0.2, 0.25) is 0 Å². The lowest BCUT2D eigenvalue weighted by Crippen LogP contribution is -2.32. The summed E-state index contributed by atoms with van der Waals surface area (Å²) < 4.78 is 35.2. The summed E-state index contributed by atoms with van der Waals surface area (Å²) in [5, 5.41) is 17.4. The number of aliphatic hydroxyl groups excluding tert-OH is 2. The summed E-state index contributed by atoms with van der Waals surface area (Å²) in [5.41, 5.74) is 0. The van der Waals surface area contributed by atoms with Crippen LogP contribution < -0.4 is 0 Å². The van der Waals surface area contributed by atoms with Crippen LogP contribution in [0.25, 0.3) is 0 Å². The first kappa shape index (κ1) is 11.7. The van der Waals surface area contributed by atoms with Crippen molar-refractivity contribution >= 4 is 0 Å². The Balaban J connectivity index is 3.93. The molecule has 3 atom stereocenters. The number of alkyl halides is 3. The predicted octanol–water partition coefficient (Wildman–Crippen LogP) is 1.32. The Kier molecular flexibility index (Phi) is 3.99. The number of rotatable bonds is 3. The van der Waals surface area contributed by atoms with E-state index in [1.165, 1.54) is 13.8 Å². The molecule has 2 N–H and O–H groups in total. The maximum atomic E-state index is 11.7. The number of hydrogen-bond donors (Lipinski definition) is 2. The first-order valence-corrected chi connectivity index (χ1v) is 3.68. The van der Waals surface area contributed by atoms with Crippen LogP contribution in [0.15, 0.2) is 0 Å². The van der Waals surface area contributed by atoms with Crippen LogP contribution in [0.3, 0.4) is 0 Å². The van der Waals surface area contributed by atoms with Crippen LogP contribution in [0, 0.1) is 5.92 Å². The largest absolute Gasteiger partial charge is 0.414 e. The van der Waals surface area contributed by atoms with E-state index >= 15 is 0 Å². The van der Waals surface area contributed by atoms with Gasteiger partial charge < -0.3 is 10.2 Å². The average molecular weight is 186 g/mol. The summed E-state index contributed by atoms with van der Waals surface area (Å²) in [6, 6.07) is 0. The zero-order valence-electron chi connectivity index (χ0n) is 6.97. The van der Waals surface area contributed by atoms with Crippen molar-refractivity contribution in [1.29, 1.82) is 0 Å². The maximum absolute atomic E-state index is 11.7. The lowest BCUT2D eigenvalue weighted by atomic mass is 9.98. The minimum Gasteiger partial charge on any atom is -0.393 e. The van der Waals surface area contributed by atoms with Gasteiger partial charge in [-0.2, -0.15) is 13.2 Å². The number of aliphatic hydroxyl groups is 2. The zero-order chi connectivity index (χ0) is 9.94. The molecule has 2 nitrogen and oxygen atoms in total. The van der Waals surface area contributed by atoms with Crippen LogP contribution in [0.1, 0.15) is 20.3 Å². The molecule has 0 spiro atoms. The summed E-state index contributed by atoms with van der Waals surface area (Å²) in [6.45, 7) is 2.85. The van der Waals surface area contributed by atoms with Gasteiger partial charge >= 0.3 is 6.18 Å². The van der Waals surface area contributed by atoms with E-state index in [0.717, 1.165) is 0 Å². The fourth-order valence-corrected chi connectivity index (χ4v) is 0.683. The fraction of sp³-hybridized carbons (Fsp3) is 1.00. The van der Waals surface area contributed by atoms with Crippen LogP contribution in [0.2, 0.25) is 0 Å². The Morgan fingerprint density at radius 1 is 1.17 bits per heavy atom. The van der Waals surface area contributed by atoms with Gasteiger partial charge in [0.05, 0.1) is 6.10 Å². The minimum atomic E-state index is -4.58. The van der Waals surface area contributed by atoms with E-state index in [1.807, 2.05) is 0 Å². The van der Waals surface area contributed by atoms with Crippen molar-refractivity contribution in [1.82, 2.24) is 0 Å². The Labute approximate surface area is 69.0 Å². The van der Waals surface area contributed by atoms with Crippen LogP contribution in [0.5, 0.6) is 0 Å². The summed E-state index contributed by atoms with van der Waals surface area (Å²) in [4.78, 5) is 0. The van der Waals surface area contributed by atoms with Gasteiger partial charge in [-0.3, -0.25) is 0 Å². The highest BCUT2D eigenvalue weighted by Crippen LogP contribution is 2.25. The van der Waals surface area contributed by atoms with Crippen molar-refractivity contribution in [2.75, 3.05) is 0 Å². The lowest BCUT2D eigenvalue weighted by molar-refractivity contribution is -0.209. The molecular formula is C7H13F3O2. The molecule has 0 aliphatic rings. The maximum Gasteiger partial charge on any atom is 0.414 e. The molecule has 0 aliphatic heterocycles. The van der Waals surface area contributed by atoms with Gasteiger partial charge in [0.1, 0.15) is 6.10 Å². The molecule has 12 heavy (non-hydrogen) atoms. The van der Waals surface area contributed by atoms with E-state index in [1.54, 1.807) is 0 Å². The summed E-state index contributed by atoms with van der Waals surface area (Å²) in [5.74, 6) is -0.554. The molecule has 0 aliphatic carbocycles. The molecule has 0 rings (SSSR count). The number of halogens is 3. The van der Waals surface area contributed by atoms with Crippen LogP contribution in [-0.4, -0.2) is 28.6 Å². The molecule has 0 aromatic rings. The highest BCUT2D eigenvalue weighted by molar-refractivity contribution is 4.70. The van der Waals surface area contributed by atoms with Gasteiger partial charge in [0.15, 0.2) is 0 Å². The molecule has 0 fully saturated rings. The van der Waals surface area contributed by atoms with Crippen molar-refractivity contribution in [2.24, 2.45) is 5.92 Å². The van der Waals surface area contributed by atoms with E-state index in [-0.39, 0.29) is 0 Å². The highest BCUT2D eigenvalue weighted by atomic mass is 19.4. The van der Waals surface area contributed by atoms with Gasteiger partial charge in [-0.05, 0) is 19.3 Å².